The van der Waals surface area contributed by atoms with Gasteiger partial charge in [-0.2, -0.15) is 13.2 Å². The maximum atomic E-state index is 14.8. The van der Waals surface area contributed by atoms with Crippen molar-refractivity contribution in [3.8, 4) is 5.75 Å². The van der Waals surface area contributed by atoms with E-state index in [2.05, 4.69) is 32.1 Å². The van der Waals surface area contributed by atoms with Crippen LogP contribution in [0.25, 0.3) is 0 Å². The molecule has 3 saturated carbocycles. The van der Waals surface area contributed by atoms with Gasteiger partial charge < -0.3 is 29.7 Å². The number of carbonyl (C=O) groups is 2. The Labute approximate surface area is 305 Å². The highest BCUT2D eigenvalue weighted by Crippen LogP contribution is 2.70. The van der Waals surface area contributed by atoms with Crippen LogP contribution in [0, 0.1) is 23.2 Å². The molecule has 5 atom stereocenters. The van der Waals surface area contributed by atoms with E-state index in [1.807, 2.05) is 18.2 Å². The molecule has 1 aromatic carbocycles. The number of ether oxygens (including phenoxy) is 2. The largest absolute Gasteiger partial charge is 0.490 e. The molecular weight excluding hydrogens is 689 g/mol. The molecule has 11 nitrogen and oxygen atoms in total. The van der Waals surface area contributed by atoms with Crippen LogP contribution in [0.15, 0.2) is 48.8 Å². The van der Waals surface area contributed by atoms with E-state index in [-0.39, 0.29) is 41.0 Å². The Hall–Kier alpha value is -4.46. The third-order valence-electron chi connectivity index (χ3n) is 13.7. The van der Waals surface area contributed by atoms with Gasteiger partial charge in [0.15, 0.2) is 5.69 Å². The number of pyridine rings is 1. The molecule has 3 aromatic rings. The standard InChI is InChI=1S/C39H43F3N6O5/c1-36-20-25-18-23(36)17-24(36)21-38(25,34(50)51)46-33(49)28-4-6-31(45-32(28)39(40,41)42)48-22-37(9-15-52-16-10-37)29-19-27(3-5-30(29)48)53-26-7-13-47(14-8-26)35-43-11-2-12-44-35/h2-6,11-12,19,23-26H,7-10,13-18,20-22H2,1H3,(H,46,49)(H,50,51). The number of benzene rings is 1. The fraction of sp³-hybridized carbons (Fsp3) is 0.564. The molecule has 280 valence electrons. The van der Waals surface area contributed by atoms with E-state index in [0.29, 0.717) is 63.1 Å². The van der Waals surface area contributed by atoms with Crippen molar-refractivity contribution in [3.63, 3.8) is 0 Å². The fourth-order valence-corrected chi connectivity index (χ4v) is 10.6. The molecule has 3 aliphatic heterocycles. The van der Waals surface area contributed by atoms with Crippen molar-refractivity contribution in [1.82, 2.24) is 20.3 Å². The first-order chi connectivity index (χ1) is 25.4. The van der Waals surface area contributed by atoms with Gasteiger partial charge in [0.2, 0.25) is 5.95 Å². The Morgan fingerprint density at radius 2 is 1.74 bits per heavy atom. The average Bonchev–Trinajstić information content (AvgIpc) is 3.48. The van der Waals surface area contributed by atoms with Gasteiger partial charge >= 0.3 is 12.1 Å². The molecule has 5 heterocycles. The van der Waals surface area contributed by atoms with Crippen LogP contribution >= 0.6 is 0 Å². The van der Waals surface area contributed by atoms with Crippen molar-refractivity contribution in [1.29, 1.82) is 0 Å². The number of nitrogens with one attached hydrogen (secondary N) is 1. The van der Waals surface area contributed by atoms with Gasteiger partial charge in [-0.1, -0.05) is 6.92 Å². The molecule has 6 aliphatic rings. The number of piperidine rings is 1. The van der Waals surface area contributed by atoms with Crippen LogP contribution in [0.4, 0.5) is 30.6 Å². The summed E-state index contributed by atoms with van der Waals surface area (Å²) in [6.07, 6.45) is 3.85. The summed E-state index contributed by atoms with van der Waals surface area (Å²) in [5.74, 6) is -0.591. The lowest BCUT2D eigenvalue weighted by Gasteiger charge is -2.55. The molecular formula is C39H43F3N6O5. The van der Waals surface area contributed by atoms with E-state index in [0.717, 1.165) is 49.7 Å². The molecule has 5 fully saturated rings. The zero-order valence-electron chi connectivity index (χ0n) is 29.6. The van der Waals surface area contributed by atoms with E-state index in [1.54, 1.807) is 23.4 Å². The summed E-state index contributed by atoms with van der Waals surface area (Å²) in [4.78, 5) is 43.3. The number of carboxylic acid groups (broad SMARTS) is 1. The van der Waals surface area contributed by atoms with Crippen LogP contribution < -0.4 is 19.9 Å². The first kappa shape index (κ1) is 34.3. The second-order valence-corrected chi connectivity index (χ2v) is 16.3. The molecule has 2 aromatic heterocycles. The van der Waals surface area contributed by atoms with Gasteiger partial charge in [0.25, 0.3) is 5.91 Å². The number of aliphatic carboxylic acids is 1. The number of rotatable bonds is 7. The van der Waals surface area contributed by atoms with Crippen LogP contribution in [0.2, 0.25) is 0 Å². The van der Waals surface area contributed by atoms with Crippen LogP contribution in [-0.2, 0) is 21.1 Å². The highest BCUT2D eigenvalue weighted by molar-refractivity contribution is 5.99. The maximum Gasteiger partial charge on any atom is 0.434 e. The number of carboxylic acids is 1. The molecule has 53 heavy (non-hydrogen) atoms. The molecule has 3 aliphatic carbocycles. The van der Waals surface area contributed by atoms with Crippen molar-refractivity contribution in [2.75, 3.05) is 42.6 Å². The molecule has 0 radical (unpaired) electrons. The summed E-state index contributed by atoms with van der Waals surface area (Å²) < 4.78 is 56.6. The SMILES string of the molecule is CC12CC3CC1CC2CC3(NC(=O)c1ccc(N2CC3(CCOCC3)c3cc(OC4CCN(c5ncccn5)CC4)ccc32)nc1C(F)(F)F)C(=O)O. The minimum Gasteiger partial charge on any atom is -0.490 e. The van der Waals surface area contributed by atoms with E-state index < -0.39 is 34.8 Å². The Kier molecular flexibility index (Phi) is 7.96. The fourth-order valence-electron chi connectivity index (χ4n) is 10.6. The first-order valence-electron chi connectivity index (χ1n) is 18.7. The molecule has 2 N–H and O–H groups in total. The van der Waals surface area contributed by atoms with E-state index in [1.165, 1.54) is 6.07 Å². The Bertz CT molecular complexity index is 1930. The van der Waals surface area contributed by atoms with Gasteiger partial charge in [-0.3, -0.25) is 4.79 Å². The highest BCUT2D eigenvalue weighted by Gasteiger charge is 2.69. The van der Waals surface area contributed by atoms with Crippen LogP contribution in [0.5, 0.6) is 5.75 Å². The zero-order valence-corrected chi connectivity index (χ0v) is 29.6. The Morgan fingerprint density at radius 3 is 2.45 bits per heavy atom. The smallest absolute Gasteiger partial charge is 0.434 e. The van der Waals surface area contributed by atoms with Gasteiger partial charge in [0.1, 0.15) is 23.2 Å². The number of fused-ring (bicyclic) bond motifs is 3. The summed E-state index contributed by atoms with van der Waals surface area (Å²) in [5, 5.41) is 13.1. The maximum absolute atomic E-state index is 14.8. The number of anilines is 3. The van der Waals surface area contributed by atoms with Crippen LogP contribution in [-0.4, -0.2) is 76.4 Å². The third kappa shape index (κ3) is 5.53. The number of hydrogen-bond acceptors (Lipinski definition) is 9. The van der Waals surface area contributed by atoms with Gasteiger partial charge in [0.05, 0.1) is 5.56 Å². The second kappa shape index (κ2) is 12.3. The van der Waals surface area contributed by atoms with Crippen LogP contribution in [0.3, 0.4) is 0 Å². The second-order valence-electron chi connectivity index (χ2n) is 16.3. The highest BCUT2D eigenvalue weighted by atomic mass is 19.4. The lowest BCUT2D eigenvalue weighted by Crippen LogP contribution is -2.63. The van der Waals surface area contributed by atoms with Gasteiger partial charge in [-0.05, 0) is 104 Å². The number of amides is 1. The zero-order chi connectivity index (χ0) is 36.8. The molecule has 9 rings (SSSR count). The van der Waals surface area contributed by atoms with Crippen molar-refractivity contribution < 1.29 is 37.3 Å². The number of nitrogens with zero attached hydrogens (tertiary/aromatic N) is 5. The molecule has 14 heteroatoms. The number of carbonyl (C=O) groups excluding carboxylic acids is 1. The number of aromatic nitrogens is 3. The molecule has 2 bridgehead atoms. The third-order valence-corrected chi connectivity index (χ3v) is 13.7. The summed E-state index contributed by atoms with van der Waals surface area (Å²) >= 11 is 0. The summed E-state index contributed by atoms with van der Waals surface area (Å²) in [5.41, 5.74) is -2.23. The van der Waals surface area contributed by atoms with Crippen LogP contribution in [0.1, 0.15) is 79.9 Å². The summed E-state index contributed by atoms with van der Waals surface area (Å²) in [6, 6.07) is 10.1. The predicted octanol–water partition coefficient (Wildman–Crippen LogP) is 6.15. The average molecular weight is 733 g/mol. The monoisotopic (exact) mass is 732 g/mol. The van der Waals surface area contributed by atoms with E-state index >= 15 is 0 Å². The lowest BCUT2D eigenvalue weighted by atomic mass is 9.50. The quantitative estimate of drug-likeness (QED) is 0.292. The normalized spacial score (nSPS) is 30.2. The molecule has 1 spiro atoms. The minimum absolute atomic E-state index is 0.0105. The Balaban J connectivity index is 0.985. The molecule has 1 amide bonds. The number of alkyl halides is 3. The van der Waals surface area contributed by atoms with E-state index in [4.69, 9.17) is 9.47 Å². The van der Waals surface area contributed by atoms with E-state index in [9.17, 15) is 27.9 Å². The van der Waals surface area contributed by atoms with Crippen molar-refractivity contribution in [3.05, 3.63) is 65.6 Å². The van der Waals surface area contributed by atoms with Crippen molar-refractivity contribution >= 4 is 29.3 Å². The van der Waals surface area contributed by atoms with Crippen molar-refractivity contribution in [2.45, 2.75) is 81.5 Å². The predicted molar refractivity (Wildman–Crippen MR) is 187 cm³/mol. The van der Waals surface area contributed by atoms with Gasteiger partial charge in [-0.25, -0.2) is 19.7 Å². The summed E-state index contributed by atoms with van der Waals surface area (Å²) in [7, 11) is 0. The number of hydrogen-bond donors (Lipinski definition) is 2. The van der Waals surface area contributed by atoms with Crippen molar-refractivity contribution in [2.24, 2.45) is 23.2 Å². The molecule has 5 unspecified atom stereocenters. The first-order valence-corrected chi connectivity index (χ1v) is 18.7. The summed E-state index contributed by atoms with van der Waals surface area (Å²) in [6.45, 7) is 5.12. The number of halogens is 3. The minimum atomic E-state index is -4.96. The van der Waals surface area contributed by atoms with Gasteiger partial charge in [0, 0.05) is 69.2 Å². The van der Waals surface area contributed by atoms with Gasteiger partial charge in [-0.15, -0.1) is 0 Å². The Morgan fingerprint density at radius 1 is 1.00 bits per heavy atom. The lowest BCUT2D eigenvalue weighted by molar-refractivity contribution is -0.152. The molecule has 2 saturated heterocycles. The topological polar surface area (TPSA) is 130 Å².